The van der Waals surface area contributed by atoms with Crippen molar-refractivity contribution in [3.63, 3.8) is 0 Å². The third kappa shape index (κ3) is 2.18. The molecular formula is C7H14OS. The summed E-state index contributed by atoms with van der Waals surface area (Å²) >= 11 is 4.36. The van der Waals surface area contributed by atoms with E-state index in [1.807, 2.05) is 0 Å². The molecule has 1 fully saturated rings. The fraction of sp³-hybridized carbons (Fsp3) is 1.00. The van der Waals surface area contributed by atoms with Gasteiger partial charge in [0.2, 0.25) is 0 Å². The van der Waals surface area contributed by atoms with E-state index in [4.69, 9.17) is 4.74 Å². The fourth-order valence-electron chi connectivity index (χ4n) is 1.15. The second-order valence-corrected chi connectivity index (χ2v) is 3.53. The Bertz CT molecular complexity index is 77.0. The van der Waals surface area contributed by atoms with Crippen LogP contribution in [0.4, 0.5) is 0 Å². The summed E-state index contributed by atoms with van der Waals surface area (Å²) in [6, 6.07) is 0. The lowest BCUT2D eigenvalue weighted by Gasteiger charge is -2.24. The molecule has 0 bridgehead atoms. The van der Waals surface area contributed by atoms with Crippen LogP contribution in [0.2, 0.25) is 0 Å². The van der Waals surface area contributed by atoms with Gasteiger partial charge < -0.3 is 4.74 Å². The Labute approximate surface area is 62.2 Å². The van der Waals surface area contributed by atoms with E-state index in [-0.39, 0.29) is 0 Å². The van der Waals surface area contributed by atoms with Gasteiger partial charge in [-0.05, 0) is 18.8 Å². The minimum absolute atomic E-state index is 0.505. The highest BCUT2D eigenvalue weighted by atomic mass is 32.1. The molecule has 0 amide bonds. The largest absolute Gasteiger partial charge is 0.381 e. The zero-order valence-corrected chi connectivity index (χ0v) is 6.73. The summed E-state index contributed by atoms with van der Waals surface area (Å²) in [5.74, 6) is 0.696. The van der Waals surface area contributed by atoms with Crippen molar-refractivity contribution in [2.45, 2.75) is 25.0 Å². The SMILES string of the molecule is CC(S)C1CCCOC1. The maximum Gasteiger partial charge on any atom is 0.0504 e. The van der Waals surface area contributed by atoms with Crippen molar-refractivity contribution in [3.8, 4) is 0 Å². The van der Waals surface area contributed by atoms with Crippen molar-refractivity contribution in [2.24, 2.45) is 5.92 Å². The molecule has 1 aliphatic heterocycles. The number of hydrogen-bond acceptors (Lipinski definition) is 2. The molecule has 1 rings (SSSR count). The molecule has 1 aliphatic rings. The molecule has 9 heavy (non-hydrogen) atoms. The van der Waals surface area contributed by atoms with Crippen LogP contribution in [0.1, 0.15) is 19.8 Å². The topological polar surface area (TPSA) is 9.23 Å². The van der Waals surface area contributed by atoms with Crippen LogP contribution in [-0.4, -0.2) is 18.5 Å². The smallest absolute Gasteiger partial charge is 0.0504 e. The Morgan fingerprint density at radius 3 is 2.78 bits per heavy atom. The van der Waals surface area contributed by atoms with Gasteiger partial charge in [-0.1, -0.05) is 6.92 Å². The molecule has 0 N–H and O–H groups in total. The van der Waals surface area contributed by atoms with E-state index < -0.39 is 0 Å². The maximum atomic E-state index is 5.29. The molecule has 1 saturated heterocycles. The molecule has 0 radical (unpaired) electrons. The van der Waals surface area contributed by atoms with E-state index in [1.165, 1.54) is 12.8 Å². The van der Waals surface area contributed by atoms with E-state index >= 15 is 0 Å². The van der Waals surface area contributed by atoms with Crippen LogP contribution in [0.15, 0.2) is 0 Å². The summed E-state index contributed by atoms with van der Waals surface area (Å²) in [4.78, 5) is 0. The Kier molecular flexibility index (Phi) is 2.86. The van der Waals surface area contributed by atoms with Gasteiger partial charge in [0.25, 0.3) is 0 Å². The first-order chi connectivity index (χ1) is 4.30. The molecule has 0 saturated carbocycles. The number of hydrogen-bond donors (Lipinski definition) is 1. The first kappa shape index (κ1) is 7.42. The normalized spacial score (nSPS) is 32.0. The van der Waals surface area contributed by atoms with E-state index in [9.17, 15) is 0 Å². The fourth-order valence-corrected chi connectivity index (χ4v) is 1.38. The van der Waals surface area contributed by atoms with Gasteiger partial charge in [0.05, 0.1) is 6.61 Å². The monoisotopic (exact) mass is 146 g/mol. The minimum atomic E-state index is 0.505. The van der Waals surface area contributed by atoms with Gasteiger partial charge in [-0.15, -0.1) is 0 Å². The van der Waals surface area contributed by atoms with Gasteiger partial charge >= 0.3 is 0 Å². The molecule has 0 aliphatic carbocycles. The van der Waals surface area contributed by atoms with Gasteiger partial charge in [-0.2, -0.15) is 12.6 Å². The first-order valence-electron chi connectivity index (χ1n) is 3.56. The molecule has 0 aromatic carbocycles. The van der Waals surface area contributed by atoms with Crippen LogP contribution in [0.25, 0.3) is 0 Å². The van der Waals surface area contributed by atoms with Crippen molar-refractivity contribution in [3.05, 3.63) is 0 Å². The first-order valence-corrected chi connectivity index (χ1v) is 4.08. The lowest BCUT2D eigenvalue weighted by molar-refractivity contribution is 0.0558. The predicted octanol–water partition coefficient (Wildman–Crippen LogP) is 1.73. The summed E-state index contributed by atoms with van der Waals surface area (Å²) in [7, 11) is 0. The third-order valence-corrected chi connectivity index (χ3v) is 2.30. The summed E-state index contributed by atoms with van der Waals surface area (Å²) < 4.78 is 5.29. The number of thiol groups is 1. The van der Waals surface area contributed by atoms with Gasteiger partial charge in [-0.3, -0.25) is 0 Å². The highest BCUT2D eigenvalue weighted by molar-refractivity contribution is 7.80. The zero-order chi connectivity index (χ0) is 6.69. The summed E-state index contributed by atoms with van der Waals surface area (Å²) in [5, 5.41) is 0.505. The van der Waals surface area contributed by atoms with E-state index in [0.29, 0.717) is 11.2 Å². The molecule has 0 aromatic rings. The van der Waals surface area contributed by atoms with Crippen LogP contribution in [0.5, 0.6) is 0 Å². The van der Waals surface area contributed by atoms with Crippen LogP contribution >= 0.6 is 12.6 Å². The molecule has 0 aromatic heterocycles. The standard InChI is InChI=1S/C7H14OS/c1-6(9)7-3-2-4-8-5-7/h6-7,9H,2-5H2,1H3. The molecule has 2 heteroatoms. The van der Waals surface area contributed by atoms with Crippen molar-refractivity contribution in [1.82, 2.24) is 0 Å². The van der Waals surface area contributed by atoms with Crippen molar-refractivity contribution in [1.29, 1.82) is 0 Å². The number of rotatable bonds is 1. The highest BCUT2D eigenvalue weighted by Gasteiger charge is 2.16. The highest BCUT2D eigenvalue weighted by Crippen LogP contribution is 2.20. The Morgan fingerprint density at radius 1 is 1.67 bits per heavy atom. The Balaban J connectivity index is 2.23. The minimum Gasteiger partial charge on any atom is -0.381 e. The zero-order valence-electron chi connectivity index (χ0n) is 5.84. The number of ether oxygens (including phenoxy) is 1. The second kappa shape index (κ2) is 3.47. The van der Waals surface area contributed by atoms with Crippen LogP contribution in [-0.2, 0) is 4.74 Å². The van der Waals surface area contributed by atoms with Crippen molar-refractivity contribution < 1.29 is 4.74 Å². The lowest BCUT2D eigenvalue weighted by Crippen LogP contribution is -2.23. The van der Waals surface area contributed by atoms with Crippen molar-refractivity contribution >= 4 is 12.6 Å². The van der Waals surface area contributed by atoms with Gasteiger partial charge in [0, 0.05) is 11.9 Å². The summed E-state index contributed by atoms with van der Waals surface area (Å²) in [6.07, 6.45) is 2.51. The molecule has 2 unspecified atom stereocenters. The second-order valence-electron chi connectivity index (χ2n) is 2.72. The van der Waals surface area contributed by atoms with E-state index in [0.717, 1.165) is 13.2 Å². The van der Waals surface area contributed by atoms with Crippen LogP contribution in [0.3, 0.4) is 0 Å². The van der Waals surface area contributed by atoms with Gasteiger partial charge in [-0.25, -0.2) is 0 Å². The third-order valence-electron chi connectivity index (χ3n) is 1.88. The molecule has 2 atom stereocenters. The van der Waals surface area contributed by atoms with Gasteiger partial charge in [0.15, 0.2) is 0 Å². The molecule has 1 heterocycles. The lowest BCUT2D eigenvalue weighted by atomic mass is 9.99. The van der Waals surface area contributed by atoms with E-state index in [1.54, 1.807) is 0 Å². The Morgan fingerprint density at radius 2 is 2.44 bits per heavy atom. The summed E-state index contributed by atoms with van der Waals surface area (Å²) in [5.41, 5.74) is 0. The molecule has 0 spiro atoms. The van der Waals surface area contributed by atoms with Gasteiger partial charge in [0.1, 0.15) is 0 Å². The van der Waals surface area contributed by atoms with Crippen LogP contribution < -0.4 is 0 Å². The summed E-state index contributed by atoms with van der Waals surface area (Å²) in [6.45, 7) is 4.02. The quantitative estimate of drug-likeness (QED) is 0.554. The maximum absolute atomic E-state index is 5.29. The molecule has 1 nitrogen and oxygen atoms in total. The Hall–Kier alpha value is 0.310. The molecule has 54 valence electrons. The predicted molar refractivity (Wildman–Crippen MR) is 42.0 cm³/mol. The average Bonchev–Trinajstić information content (AvgIpc) is 1.90. The average molecular weight is 146 g/mol. The molecular weight excluding hydrogens is 132 g/mol. The van der Waals surface area contributed by atoms with Crippen LogP contribution in [0, 0.1) is 5.92 Å². The van der Waals surface area contributed by atoms with Crippen molar-refractivity contribution in [2.75, 3.05) is 13.2 Å². The van der Waals surface area contributed by atoms with E-state index in [2.05, 4.69) is 19.6 Å².